The van der Waals surface area contributed by atoms with Crippen molar-refractivity contribution in [1.29, 1.82) is 0 Å². The summed E-state index contributed by atoms with van der Waals surface area (Å²) in [5.41, 5.74) is -1.43. The summed E-state index contributed by atoms with van der Waals surface area (Å²) in [5.74, 6) is -0.603. The molecule has 3 aromatic rings. The van der Waals surface area contributed by atoms with Gasteiger partial charge in [-0.1, -0.05) is 12.1 Å². The third kappa shape index (κ3) is 3.68. The lowest BCUT2D eigenvalue weighted by molar-refractivity contribution is -0.137. The van der Waals surface area contributed by atoms with Crippen LogP contribution in [0.25, 0.3) is 10.9 Å². The molecule has 9 heteroatoms. The van der Waals surface area contributed by atoms with E-state index in [1.54, 1.807) is 31.2 Å². The molecule has 1 amide bonds. The van der Waals surface area contributed by atoms with Crippen LogP contribution in [0.15, 0.2) is 58.1 Å². The number of hydrogen-bond donors (Lipinski definition) is 1. The maximum Gasteiger partial charge on any atom is 0.416 e. The highest BCUT2D eigenvalue weighted by molar-refractivity contribution is 5.91. The number of fused-ring (bicyclic) bond motifs is 1. The second-order valence-corrected chi connectivity index (χ2v) is 6.06. The molecular formula is C19H16F3N3O3. The highest BCUT2D eigenvalue weighted by Crippen LogP contribution is 2.29. The zero-order chi connectivity index (χ0) is 20.5. The van der Waals surface area contributed by atoms with Crippen molar-refractivity contribution in [3.8, 4) is 0 Å². The van der Waals surface area contributed by atoms with Crippen LogP contribution in [0.1, 0.15) is 12.5 Å². The number of para-hydroxylation sites is 1. The van der Waals surface area contributed by atoms with Gasteiger partial charge in [0.15, 0.2) is 0 Å². The van der Waals surface area contributed by atoms with E-state index in [-0.39, 0.29) is 18.8 Å². The zero-order valence-electron chi connectivity index (χ0n) is 14.8. The van der Waals surface area contributed by atoms with Crippen molar-refractivity contribution >= 4 is 22.5 Å². The number of amides is 1. The Morgan fingerprint density at radius 3 is 2.25 bits per heavy atom. The van der Waals surface area contributed by atoms with Crippen LogP contribution in [0.4, 0.5) is 18.9 Å². The van der Waals surface area contributed by atoms with Gasteiger partial charge in [-0.25, -0.2) is 4.79 Å². The number of alkyl halides is 3. The number of halogens is 3. The minimum atomic E-state index is -4.47. The second-order valence-electron chi connectivity index (χ2n) is 6.06. The minimum Gasteiger partial charge on any atom is -0.325 e. The van der Waals surface area contributed by atoms with Crippen molar-refractivity contribution in [2.45, 2.75) is 26.2 Å². The lowest BCUT2D eigenvalue weighted by atomic mass is 10.2. The summed E-state index contributed by atoms with van der Waals surface area (Å²) in [5, 5.41) is 2.76. The molecule has 2 aromatic carbocycles. The Hall–Kier alpha value is -3.36. The smallest absolute Gasteiger partial charge is 0.325 e. The zero-order valence-corrected chi connectivity index (χ0v) is 14.8. The molecule has 0 bridgehead atoms. The molecule has 0 saturated heterocycles. The van der Waals surface area contributed by atoms with E-state index >= 15 is 0 Å². The number of hydrogen-bond acceptors (Lipinski definition) is 3. The van der Waals surface area contributed by atoms with Crippen LogP contribution in [0.3, 0.4) is 0 Å². The third-order valence-electron chi connectivity index (χ3n) is 4.25. The first-order valence-electron chi connectivity index (χ1n) is 8.42. The normalized spacial score (nSPS) is 11.6. The summed E-state index contributed by atoms with van der Waals surface area (Å²) >= 11 is 0. The SMILES string of the molecule is CCn1c(=O)c2ccccc2n(CC(=O)Nc2ccc(C(F)(F)F)cc2)c1=O. The van der Waals surface area contributed by atoms with Crippen LogP contribution in [0, 0.1) is 0 Å². The first-order chi connectivity index (χ1) is 13.2. The van der Waals surface area contributed by atoms with Gasteiger partial charge in [0.1, 0.15) is 6.54 Å². The van der Waals surface area contributed by atoms with Crippen molar-refractivity contribution in [3.63, 3.8) is 0 Å². The molecular weight excluding hydrogens is 375 g/mol. The average Bonchev–Trinajstić information content (AvgIpc) is 2.65. The number of nitrogens with one attached hydrogen (secondary N) is 1. The quantitative estimate of drug-likeness (QED) is 0.743. The first-order valence-corrected chi connectivity index (χ1v) is 8.42. The number of carbonyl (C=O) groups excluding carboxylic acids is 1. The van der Waals surface area contributed by atoms with Crippen molar-refractivity contribution < 1.29 is 18.0 Å². The fourth-order valence-corrected chi connectivity index (χ4v) is 2.89. The predicted molar refractivity (Wildman–Crippen MR) is 98.2 cm³/mol. The standard InChI is InChI=1S/C19H16F3N3O3/c1-2-24-17(27)14-5-3-4-6-15(14)25(18(24)28)11-16(26)23-13-9-7-12(8-10-13)19(20,21)22/h3-10H,2,11H2,1H3,(H,23,26). The van der Waals surface area contributed by atoms with E-state index in [4.69, 9.17) is 0 Å². The fraction of sp³-hybridized carbons (Fsp3) is 0.211. The van der Waals surface area contributed by atoms with E-state index in [0.29, 0.717) is 10.9 Å². The Kier molecular flexibility index (Phi) is 5.08. The summed E-state index contributed by atoms with van der Waals surface area (Å²) in [4.78, 5) is 37.3. The van der Waals surface area contributed by atoms with Crippen molar-refractivity contribution in [1.82, 2.24) is 9.13 Å². The van der Waals surface area contributed by atoms with Crippen LogP contribution in [0.2, 0.25) is 0 Å². The Morgan fingerprint density at radius 1 is 1.00 bits per heavy atom. The molecule has 0 aliphatic rings. The highest BCUT2D eigenvalue weighted by atomic mass is 19.4. The Morgan fingerprint density at radius 2 is 1.64 bits per heavy atom. The minimum absolute atomic E-state index is 0.142. The van der Waals surface area contributed by atoms with Gasteiger partial charge in [-0.05, 0) is 43.3 Å². The van der Waals surface area contributed by atoms with E-state index in [0.717, 1.165) is 28.8 Å². The van der Waals surface area contributed by atoms with E-state index in [1.165, 1.54) is 4.57 Å². The number of nitrogens with zero attached hydrogens (tertiary/aromatic N) is 2. The van der Waals surface area contributed by atoms with E-state index in [2.05, 4.69) is 5.32 Å². The summed E-state index contributed by atoms with van der Waals surface area (Å²) in [6, 6.07) is 10.4. The molecule has 28 heavy (non-hydrogen) atoms. The van der Waals surface area contributed by atoms with Gasteiger partial charge in [0.25, 0.3) is 5.56 Å². The summed E-state index contributed by atoms with van der Waals surface area (Å²) < 4.78 is 40.0. The van der Waals surface area contributed by atoms with Crippen LogP contribution in [0.5, 0.6) is 0 Å². The Balaban J connectivity index is 1.91. The van der Waals surface area contributed by atoms with Crippen LogP contribution in [-0.2, 0) is 24.1 Å². The van der Waals surface area contributed by atoms with Gasteiger partial charge in [0.05, 0.1) is 16.5 Å². The summed E-state index contributed by atoms with van der Waals surface area (Å²) in [7, 11) is 0. The summed E-state index contributed by atoms with van der Waals surface area (Å²) in [6.45, 7) is 1.40. The number of benzene rings is 2. The van der Waals surface area contributed by atoms with Gasteiger partial charge in [-0.3, -0.25) is 18.7 Å². The molecule has 0 aliphatic heterocycles. The van der Waals surface area contributed by atoms with Crippen molar-refractivity contribution in [2.24, 2.45) is 0 Å². The first kappa shape index (κ1) is 19.4. The second kappa shape index (κ2) is 7.34. The van der Waals surface area contributed by atoms with E-state index in [9.17, 15) is 27.6 Å². The van der Waals surface area contributed by atoms with Crippen molar-refractivity contribution in [2.75, 3.05) is 5.32 Å². The van der Waals surface area contributed by atoms with Crippen LogP contribution in [-0.4, -0.2) is 15.0 Å². The van der Waals surface area contributed by atoms with Gasteiger partial charge in [0, 0.05) is 12.2 Å². The van der Waals surface area contributed by atoms with Crippen LogP contribution >= 0.6 is 0 Å². The van der Waals surface area contributed by atoms with E-state index in [1.807, 2.05) is 0 Å². The highest BCUT2D eigenvalue weighted by Gasteiger charge is 2.30. The number of aromatic nitrogens is 2. The molecule has 1 aromatic heterocycles. The molecule has 0 aliphatic carbocycles. The molecule has 0 saturated carbocycles. The molecule has 6 nitrogen and oxygen atoms in total. The fourth-order valence-electron chi connectivity index (χ4n) is 2.89. The van der Waals surface area contributed by atoms with Gasteiger partial charge in [0.2, 0.25) is 5.91 Å². The van der Waals surface area contributed by atoms with Crippen LogP contribution < -0.4 is 16.6 Å². The molecule has 3 rings (SSSR count). The maximum absolute atomic E-state index is 12.6. The third-order valence-corrected chi connectivity index (χ3v) is 4.25. The monoisotopic (exact) mass is 391 g/mol. The molecule has 0 radical (unpaired) electrons. The molecule has 0 unspecified atom stereocenters. The van der Waals surface area contributed by atoms with E-state index < -0.39 is 28.9 Å². The topological polar surface area (TPSA) is 73.1 Å². The molecule has 0 fully saturated rings. The average molecular weight is 391 g/mol. The molecule has 1 heterocycles. The maximum atomic E-state index is 12.6. The largest absolute Gasteiger partial charge is 0.416 e. The lowest BCUT2D eigenvalue weighted by Crippen LogP contribution is -2.41. The summed E-state index contributed by atoms with van der Waals surface area (Å²) in [6.07, 6.45) is -4.47. The molecule has 1 N–H and O–H groups in total. The van der Waals surface area contributed by atoms with Gasteiger partial charge in [-0.2, -0.15) is 13.2 Å². The van der Waals surface area contributed by atoms with Crippen molar-refractivity contribution in [3.05, 3.63) is 74.9 Å². The molecule has 0 spiro atoms. The van der Waals surface area contributed by atoms with Gasteiger partial charge in [-0.15, -0.1) is 0 Å². The number of carbonyl (C=O) groups is 1. The van der Waals surface area contributed by atoms with Gasteiger partial charge >= 0.3 is 11.9 Å². The lowest BCUT2D eigenvalue weighted by Gasteiger charge is -2.13. The molecule has 0 atom stereocenters. The molecule has 146 valence electrons. The number of rotatable bonds is 4. The Bertz CT molecular complexity index is 1150. The predicted octanol–water partition coefficient (Wildman–Crippen LogP) is 2.84. The van der Waals surface area contributed by atoms with Gasteiger partial charge < -0.3 is 5.32 Å². The number of anilines is 1. The Labute approximate surface area is 156 Å².